The molecule has 2 N–H and O–H groups in total. The fourth-order valence-electron chi connectivity index (χ4n) is 2.85. The molecular weight excluding hydrogens is 331 g/mol. The molecule has 2 heterocycles. The number of aromatic nitrogens is 5. The maximum absolute atomic E-state index is 13.2. The van der Waals surface area contributed by atoms with E-state index in [1.165, 1.54) is 12.1 Å². The highest BCUT2D eigenvalue weighted by Crippen LogP contribution is 2.29. The molecule has 2 aromatic heterocycles. The second-order valence-corrected chi connectivity index (χ2v) is 6.50. The molecule has 2 aromatic carbocycles. The minimum Gasteiger partial charge on any atom is -0.309 e. The van der Waals surface area contributed by atoms with Gasteiger partial charge in [-0.25, -0.2) is 9.37 Å². The van der Waals surface area contributed by atoms with E-state index < -0.39 is 0 Å². The summed E-state index contributed by atoms with van der Waals surface area (Å²) in [5.74, 6) is 1.26. The minimum atomic E-state index is -0.264. The zero-order chi connectivity index (χ0) is 18.1. The van der Waals surface area contributed by atoms with E-state index in [1.54, 1.807) is 12.1 Å². The van der Waals surface area contributed by atoms with Gasteiger partial charge in [0.15, 0.2) is 5.82 Å². The number of nitrogens with one attached hydrogen (secondary N) is 2. The van der Waals surface area contributed by atoms with Crippen molar-refractivity contribution < 1.29 is 4.39 Å². The molecule has 0 saturated carbocycles. The van der Waals surface area contributed by atoms with Crippen molar-refractivity contribution in [2.45, 2.75) is 6.42 Å². The lowest BCUT2D eigenvalue weighted by Crippen LogP contribution is -2.15. The maximum atomic E-state index is 13.2. The second-order valence-electron chi connectivity index (χ2n) is 6.50. The lowest BCUT2D eigenvalue weighted by molar-refractivity contribution is 0.410. The summed E-state index contributed by atoms with van der Waals surface area (Å²) in [5.41, 5.74) is 3.47. The van der Waals surface area contributed by atoms with Crippen LogP contribution in [-0.4, -0.2) is 50.9 Å². The molecule has 4 rings (SSSR count). The Balaban J connectivity index is 1.69. The van der Waals surface area contributed by atoms with E-state index in [4.69, 9.17) is 0 Å². The number of H-pyrrole nitrogens is 2. The second kappa shape index (κ2) is 6.68. The van der Waals surface area contributed by atoms with Crippen molar-refractivity contribution in [3.05, 3.63) is 54.1 Å². The summed E-state index contributed by atoms with van der Waals surface area (Å²) in [5, 5.41) is 15.7. The van der Waals surface area contributed by atoms with Gasteiger partial charge < -0.3 is 4.90 Å². The van der Waals surface area contributed by atoms with E-state index in [1.807, 2.05) is 32.3 Å². The Labute approximate surface area is 150 Å². The van der Waals surface area contributed by atoms with Gasteiger partial charge in [-0.05, 0) is 56.6 Å². The smallest absolute Gasteiger partial charge is 0.181 e. The topological polar surface area (TPSA) is 73.5 Å². The molecule has 0 radical (unpaired) electrons. The third-order valence-electron chi connectivity index (χ3n) is 4.27. The normalized spacial score (nSPS) is 11.5. The van der Waals surface area contributed by atoms with Gasteiger partial charge in [0.25, 0.3) is 0 Å². The van der Waals surface area contributed by atoms with Gasteiger partial charge in [0, 0.05) is 29.5 Å². The molecule has 4 aromatic rings. The first-order valence-electron chi connectivity index (χ1n) is 8.40. The van der Waals surface area contributed by atoms with Gasteiger partial charge in [-0.2, -0.15) is 10.2 Å². The monoisotopic (exact) mass is 350 g/mol. The third-order valence-corrected chi connectivity index (χ3v) is 4.27. The van der Waals surface area contributed by atoms with Gasteiger partial charge >= 0.3 is 0 Å². The van der Waals surface area contributed by atoms with Crippen molar-refractivity contribution in [2.75, 3.05) is 20.6 Å². The van der Waals surface area contributed by atoms with E-state index in [9.17, 15) is 4.39 Å². The summed E-state index contributed by atoms with van der Waals surface area (Å²) in [7, 11) is 4.06. The lowest BCUT2D eigenvalue weighted by Gasteiger charge is -2.06. The van der Waals surface area contributed by atoms with E-state index in [-0.39, 0.29) is 5.82 Å². The Kier molecular flexibility index (Phi) is 4.22. The molecule has 132 valence electrons. The summed E-state index contributed by atoms with van der Waals surface area (Å²) >= 11 is 0. The predicted molar refractivity (Wildman–Crippen MR) is 99.1 cm³/mol. The zero-order valence-electron chi connectivity index (χ0n) is 14.6. The highest BCUT2D eigenvalue weighted by Gasteiger charge is 2.12. The largest absolute Gasteiger partial charge is 0.309 e. The number of likely N-dealkylation sites (N-methyl/N-ethyl adjacent to an activating group) is 1. The van der Waals surface area contributed by atoms with Crippen LogP contribution in [-0.2, 0) is 6.42 Å². The van der Waals surface area contributed by atoms with Crippen molar-refractivity contribution in [3.8, 4) is 22.6 Å². The van der Waals surface area contributed by atoms with E-state index in [0.717, 1.165) is 46.5 Å². The highest BCUT2D eigenvalue weighted by molar-refractivity contribution is 5.95. The van der Waals surface area contributed by atoms with Crippen LogP contribution in [0.2, 0.25) is 0 Å². The fourth-order valence-corrected chi connectivity index (χ4v) is 2.85. The van der Waals surface area contributed by atoms with Crippen LogP contribution >= 0.6 is 0 Å². The first-order valence-corrected chi connectivity index (χ1v) is 8.40. The Hall–Kier alpha value is -3.06. The Morgan fingerprint density at radius 2 is 1.73 bits per heavy atom. The maximum Gasteiger partial charge on any atom is 0.181 e. The molecule has 0 aliphatic carbocycles. The number of hydrogen-bond donors (Lipinski definition) is 2. The molecule has 0 saturated heterocycles. The molecule has 0 atom stereocenters. The molecule has 7 heteroatoms. The van der Waals surface area contributed by atoms with Gasteiger partial charge in [0.2, 0.25) is 0 Å². The molecule has 0 spiro atoms. The van der Waals surface area contributed by atoms with E-state index in [0.29, 0.717) is 5.82 Å². The van der Waals surface area contributed by atoms with Crippen LogP contribution in [0.5, 0.6) is 0 Å². The predicted octanol–water partition coefficient (Wildman–Crippen LogP) is 3.26. The number of aromatic amines is 2. The molecule has 0 bridgehead atoms. The van der Waals surface area contributed by atoms with Crippen molar-refractivity contribution in [1.29, 1.82) is 0 Å². The molecule has 0 unspecified atom stereocenters. The van der Waals surface area contributed by atoms with Crippen LogP contribution in [0.4, 0.5) is 4.39 Å². The van der Waals surface area contributed by atoms with Crippen LogP contribution in [0.25, 0.3) is 33.5 Å². The lowest BCUT2D eigenvalue weighted by atomic mass is 10.1. The number of fused-ring (bicyclic) bond motifs is 1. The molecule has 26 heavy (non-hydrogen) atoms. The van der Waals surface area contributed by atoms with E-state index >= 15 is 0 Å². The van der Waals surface area contributed by atoms with Gasteiger partial charge in [-0.3, -0.25) is 10.2 Å². The van der Waals surface area contributed by atoms with Crippen LogP contribution in [0.1, 0.15) is 5.82 Å². The highest BCUT2D eigenvalue weighted by atomic mass is 19.1. The Morgan fingerprint density at radius 3 is 2.50 bits per heavy atom. The van der Waals surface area contributed by atoms with Crippen LogP contribution in [0.15, 0.2) is 42.5 Å². The Bertz CT molecular complexity index is 1030. The van der Waals surface area contributed by atoms with Crippen molar-refractivity contribution >= 4 is 10.9 Å². The molecular formula is C19H19FN6. The first-order chi connectivity index (χ1) is 12.6. The number of hydrogen-bond acceptors (Lipinski definition) is 4. The van der Waals surface area contributed by atoms with Crippen LogP contribution < -0.4 is 0 Å². The third kappa shape index (κ3) is 3.21. The summed E-state index contributed by atoms with van der Waals surface area (Å²) in [6.07, 6.45) is 0.814. The number of benzene rings is 2. The average molecular weight is 350 g/mol. The zero-order valence-corrected chi connectivity index (χ0v) is 14.6. The first kappa shape index (κ1) is 16.4. The SMILES string of the molecule is CN(C)CCc1nc(-c2ccc3[nH]nc(-c4ccc(F)cc4)c3c2)n[nH]1. The van der Waals surface area contributed by atoms with Gasteiger partial charge in [0.05, 0.1) is 11.2 Å². The molecule has 0 aliphatic rings. The summed E-state index contributed by atoms with van der Waals surface area (Å²) in [6, 6.07) is 12.3. The number of rotatable bonds is 5. The molecule has 0 aliphatic heterocycles. The van der Waals surface area contributed by atoms with Crippen molar-refractivity contribution in [1.82, 2.24) is 30.3 Å². The Morgan fingerprint density at radius 1 is 0.962 bits per heavy atom. The molecule has 0 amide bonds. The summed E-state index contributed by atoms with van der Waals surface area (Å²) < 4.78 is 13.2. The average Bonchev–Trinajstić information content (AvgIpc) is 3.27. The van der Waals surface area contributed by atoms with Crippen molar-refractivity contribution in [3.63, 3.8) is 0 Å². The van der Waals surface area contributed by atoms with Gasteiger partial charge in [0.1, 0.15) is 11.6 Å². The van der Waals surface area contributed by atoms with Crippen molar-refractivity contribution in [2.24, 2.45) is 0 Å². The molecule has 0 fully saturated rings. The van der Waals surface area contributed by atoms with E-state index in [2.05, 4.69) is 30.3 Å². The quantitative estimate of drug-likeness (QED) is 0.579. The number of halogens is 1. The number of nitrogens with zero attached hydrogens (tertiary/aromatic N) is 4. The fraction of sp³-hybridized carbons (Fsp3) is 0.211. The van der Waals surface area contributed by atoms with Crippen LogP contribution in [0.3, 0.4) is 0 Å². The van der Waals surface area contributed by atoms with Gasteiger partial charge in [-0.15, -0.1) is 0 Å². The van der Waals surface area contributed by atoms with Gasteiger partial charge in [-0.1, -0.05) is 0 Å². The standard InChI is InChI=1S/C19H19FN6/c1-26(2)10-9-17-21-19(25-23-17)13-5-8-16-15(11-13)18(24-22-16)12-3-6-14(20)7-4-12/h3-8,11H,9-10H2,1-2H3,(H,22,24)(H,21,23,25). The molecule has 6 nitrogen and oxygen atoms in total. The minimum absolute atomic E-state index is 0.264. The summed E-state index contributed by atoms with van der Waals surface area (Å²) in [6.45, 7) is 0.907. The van der Waals surface area contributed by atoms with Crippen LogP contribution in [0, 0.1) is 5.82 Å². The summed E-state index contributed by atoms with van der Waals surface area (Å²) in [4.78, 5) is 6.69.